The molecule has 4 nitrogen and oxygen atoms in total. The van der Waals surface area contributed by atoms with Crippen molar-refractivity contribution < 1.29 is 8.42 Å². The second kappa shape index (κ2) is 4.95. The first kappa shape index (κ1) is 13.2. The maximum atomic E-state index is 12.0. The third-order valence-electron chi connectivity index (χ3n) is 2.52. The van der Waals surface area contributed by atoms with Crippen LogP contribution >= 0.6 is 0 Å². The van der Waals surface area contributed by atoms with Gasteiger partial charge in [0, 0.05) is 20.6 Å². The van der Waals surface area contributed by atoms with Crippen LogP contribution in [0, 0.1) is 6.92 Å². The molecule has 0 amide bonds. The molecule has 0 aliphatic carbocycles. The zero-order valence-electron chi connectivity index (χ0n) is 10.1. The first-order valence-electron chi connectivity index (χ1n) is 5.07. The Morgan fingerprint density at radius 2 is 1.94 bits per heavy atom. The number of nitrogens with zero attached hydrogens (tertiary/aromatic N) is 1. The van der Waals surface area contributed by atoms with Crippen LogP contribution in [0.3, 0.4) is 0 Å². The fourth-order valence-corrected chi connectivity index (χ4v) is 2.68. The summed E-state index contributed by atoms with van der Waals surface area (Å²) >= 11 is 0. The predicted octanol–water partition coefficient (Wildman–Crippen LogP) is 0.965. The number of hydrogen-bond donors (Lipinski definition) is 1. The summed E-state index contributed by atoms with van der Waals surface area (Å²) in [5.41, 5.74) is 1.82. The van der Waals surface area contributed by atoms with E-state index < -0.39 is 10.0 Å². The minimum Gasteiger partial charge on any atom is -0.316 e. The summed E-state index contributed by atoms with van der Waals surface area (Å²) in [4.78, 5) is 0.380. The number of rotatable bonds is 4. The molecule has 1 aromatic carbocycles. The Kier molecular flexibility index (Phi) is 4.07. The van der Waals surface area contributed by atoms with Gasteiger partial charge in [-0.3, -0.25) is 0 Å². The van der Waals surface area contributed by atoms with Gasteiger partial charge >= 0.3 is 0 Å². The van der Waals surface area contributed by atoms with E-state index in [4.69, 9.17) is 0 Å². The van der Waals surface area contributed by atoms with Crippen molar-refractivity contribution in [3.05, 3.63) is 29.3 Å². The van der Waals surface area contributed by atoms with Crippen LogP contribution in [0.25, 0.3) is 0 Å². The molecule has 1 rings (SSSR count). The van der Waals surface area contributed by atoms with Crippen molar-refractivity contribution >= 4 is 10.0 Å². The molecule has 90 valence electrons. The zero-order chi connectivity index (χ0) is 12.3. The van der Waals surface area contributed by atoms with E-state index in [9.17, 15) is 8.42 Å². The SMILES string of the molecule is CNCc1cccc(S(=O)(=O)N(C)C)c1C. The molecule has 0 bridgehead atoms. The first-order chi connectivity index (χ1) is 7.41. The van der Waals surface area contributed by atoms with Crippen molar-refractivity contribution in [3.8, 4) is 0 Å². The molecule has 0 heterocycles. The molecule has 1 aromatic rings. The van der Waals surface area contributed by atoms with Gasteiger partial charge in [0.1, 0.15) is 0 Å². The van der Waals surface area contributed by atoms with Crippen LogP contribution in [0.2, 0.25) is 0 Å². The van der Waals surface area contributed by atoms with Crippen LogP contribution in [-0.4, -0.2) is 33.9 Å². The third-order valence-corrected chi connectivity index (χ3v) is 4.48. The molecule has 0 unspecified atom stereocenters. The molecular formula is C11H18N2O2S. The molecule has 16 heavy (non-hydrogen) atoms. The predicted molar refractivity (Wildman–Crippen MR) is 64.8 cm³/mol. The Morgan fingerprint density at radius 3 is 2.44 bits per heavy atom. The minimum absolute atomic E-state index is 0.380. The molecule has 0 atom stereocenters. The van der Waals surface area contributed by atoms with Gasteiger partial charge in [0.15, 0.2) is 0 Å². The monoisotopic (exact) mass is 242 g/mol. The quantitative estimate of drug-likeness (QED) is 0.855. The number of nitrogens with one attached hydrogen (secondary N) is 1. The summed E-state index contributed by atoms with van der Waals surface area (Å²) in [6, 6.07) is 5.35. The van der Waals surface area contributed by atoms with Crippen LogP contribution < -0.4 is 5.32 Å². The normalized spacial score (nSPS) is 12.1. The van der Waals surface area contributed by atoms with Gasteiger partial charge in [-0.15, -0.1) is 0 Å². The van der Waals surface area contributed by atoms with E-state index in [0.29, 0.717) is 11.4 Å². The van der Waals surface area contributed by atoms with E-state index in [1.807, 2.05) is 20.0 Å². The van der Waals surface area contributed by atoms with E-state index >= 15 is 0 Å². The Labute approximate surface area is 97.3 Å². The fraction of sp³-hybridized carbons (Fsp3) is 0.455. The summed E-state index contributed by atoms with van der Waals surface area (Å²) in [7, 11) is 1.58. The Morgan fingerprint density at radius 1 is 1.31 bits per heavy atom. The maximum absolute atomic E-state index is 12.0. The number of hydrogen-bond acceptors (Lipinski definition) is 3. The van der Waals surface area contributed by atoms with Gasteiger partial charge in [-0.25, -0.2) is 12.7 Å². The third kappa shape index (κ3) is 2.42. The van der Waals surface area contributed by atoms with Crippen LogP contribution in [0.4, 0.5) is 0 Å². The summed E-state index contributed by atoms with van der Waals surface area (Å²) < 4.78 is 25.3. The van der Waals surface area contributed by atoms with Gasteiger partial charge in [-0.1, -0.05) is 12.1 Å². The lowest BCUT2D eigenvalue weighted by atomic mass is 10.1. The Hall–Kier alpha value is -0.910. The molecule has 0 radical (unpaired) electrons. The zero-order valence-corrected chi connectivity index (χ0v) is 10.9. The highest BCUT2D eigenvalue weighted by molar-refractivity contribution is 7.89. The highest BCUT2D eigenvalue weighted by atomic mass is 32.2. The molecule has 0 aromatic heterocycles. The van der Waals surface area contributed by atoms with Crippen molar-refractivity contribution in [2.24, 2.45) is 0 Å². The standard InChI is InChI=1S/C11H18N2O2S/c1-9-10(8-12-2)6-5-7-11(9)16(14,15)13(3)4/h5-7,12H,8H2,1-4H3. The topological polar surface area (TPSA) is 49.4 Å². The van der Waals surface area contributed by atoms with Crippen LogP contribution in [0.1, 0.15) is 11.1 Å². The van der Waals surface area contributed by atoms with Crippen molar-refractivity contribution in [3.63, 3.8) is 0 Å². The summed E-state index contributed by atoms with van der Waals surface area (Å²) in [6.07, 6.45) is 0. The lowest BCUT2D eigenvalue weighted by molar-refractivity contribution is 0.520. The lowest BCUT2D eigenvalue weighted by Crippen LogP contribution is -2.23. The van der Waals surface area contributed by atoms with Crippen molar-refractivity contribution in [2.45, 2.75) is 18.4 Å². The van der Waals surface area contributed by atoms with Crippen LogP contribution in [0.15, 0.2) is 23.1 Å². The number of sulfonamides is 1. The fourth-order valence-electron chi connectivity index (χ4n) is 1.52. The second-order valence-corrected chi connectivity index (χ2v) is 5.98. The van der Waals surface area contributed by atoms with Gasteiger partial charge in [-0.05, 0) is 31.2 Å². The maximum Gasteiger partial charge on any atom is 0.242 e. The van der Waals surface area contributed by atoms with Crippen LogP contribution in [0.5, 0.6) is 0 Å². The van der Waals surface area contributed by atoms with Crippen molar-refractivity contribution in [1.82, 2.24) is 9.62 Å². The lowest BCUT2D eigenvalue weighted by Gasteiger charge is -2.15. The molecule has 0 saturated heterocycles. The van der Waals surface area contributed by atoms with Gasteiger partial charge in [0.05, 0.1) is 4.90 Å². The highest BCUT2D eigenvalue weighted by Crippen LogP contribution is 2.20. The summed E-state index contributed by atoms with van der Waals surface area (Å²) in [6.45, 7) is 2.51. The van der Waals surface area contributed by atoms with Gasteiger partial charge in [0.2, 0.25) is 10.0 Å². The summed E-state index contributed by atoms with van der Waals surface area (Å²) in [5, 5.41) is 3.02. The van der Waals surface area contributed by atoms with E-state index in [0.717, 1.165) is 11.1 Å². The molecule has 5 heteroatoms. The Bertz CT molecular complexity index is 467. The summed E-state index contributed by atoms with van der Waals surface area (Å²) in [5.74, 6) is 0. The van der Waals surface area contributed by atoms with Crippen molar-refractivity contribution in [2.75, 3.05) is 21.1 Å². The average Bonchev–Trinajstić information content (AvgIpc) is 2.21. The molecule has 0 aliphatic rings. The van der Waals surface area contributed by atoms with E-state index in [-0.39, 0.29) is 0 Å². The average molecular weight is 242 g/mol. The first-order valence-corrected chi connectivity index (χ1v) is 6.51. The van der Waals surface area contributed by atoms with Gasteiger partial charge in [-0.2, -0.15) is 0 Å². The van der Waals surface area contributed by atoms with E-state index in [1.54, 1.807) is 26.2 Å². The minimum atomic E-state index is -3.34. The molecule has 0 aliphatic heterocycles. The molecule has 0 saturated carbocycles. The molecule has 0 spiro atoms. The molecule has 1 N–H and O–H groups in total. The second-order valence-electron chi connectivity index (χ2n) is 3.86. The van der Waals surface area contributed by atoms with Crippen LogP contribution in [-0.2, 0) is 16.6 Å². The van der Waals surface area contributed by atoms with E-state index in [2.05, 4.69) is 5.32 Å². The van der Waals surface area contributed by atoms with Gasteiger partial charge < -0.3 is 5.32 Å². The molecular weight excluding hydrogens is 224 g/mol. The molecule has 0 fully saturated rings. The largest absolute Gasteiger partial charge is 0.316 e. The number of benzene rings is 1. The smallest absolute Gasteiger partial charge is 0.242 e. The van der Waals surface area contributed by atoms with Gasteiger partial charge in [0.25, 0.3) is 0 Å². The Balaban J connectivity index is 3.31. The van der Waals surface area contributed by atoms with E-state index in [1.165, 1.54) is 4.31 Å². The van der Waals surface area contributed by atoms with Crippen molar-refractivity contribution in [1.29, 1.82) is 0 Å². The highest BCUT2D eigenvalue weighted by Gasteiger charge is 2.20.